The molecule has 0 spiro atoms. The van der Waals surface area contributed by atoms with Gasteiger partial charge in [0.1, 0.15) is 6.04 Å². The van der Waals surface area contributed by atoms with Crippen LogP contribution in [0.2, 0.25) is 5.02 Å². The monoisotopic (exact) mass is 486 g/mol. The highest BCUT2D eigenvalue weighted by Crippen LogP contribution is 2.22. The molecule has 1 saturated carbocycles. The zero-order chi connectivity index (χ0) is 23.5. The van der Waals surface area contributed by atoms with Crippen molar-refractivity contribution >= 4 is 35.2 Å². The minimum Gasteiger partial charge on any atom is -0.352 e. The lowest BCUT2D eigenvalue weighted by Crippen LogP contribution is -2.51. The summed E-state index contributed by atoms with van der Waals surface area (Å²) in [6, 6.07) is 17.8. The summed E-state index contributed by atoms with van der Waals surface area (Å²) in [5, 5.41) is 3.94. The molecule has 4 nitrogen and oxygen atoms in total. The van der Waals surface area contributed by atoms with E-state index in [-0.39, 0.29) is 17.9 Å². The van der Waals surface area contributed by atoms with E-state index in [0.717, 1.165) is 41.4 Å². The van der Waals surface area contributed by atoms with Gasteiger partial charge in [0.05, 0.1) is 0 Å². The van der Waals surface area contributed by atoms with Crippen LogP contribution in [0.25, 0.3) is 0 Å². The molecule has 0 radical (unpaired) electrons. The van der Waals surface area contributed by atoms with E-state index in [4.69, 9.17) is 11.6 Å². The third kappa shape index (κ3) is 8.38. The molecule has 2 aromatic carbocycles. The molecule has 1 N–H and O–H groups in total. The Bertz CT molecular complexity index is 869. The number of thioether (sulfide) groups is 1. The minimum absolute atomic E-state index is 0.00125. The largest absolute Gasteiger partial charge is 0.352 e. The van der Waals surface area contributed by atoms with E-state index >= 15 is 0 Å². The average Bonchev–Trinajstić information content (AvgIpc) is 3.34. The van der Waals surface area contributed by atoms with Crippen LogP contribution in [0.1, 0.15) is 57.4 Å². The number of nitrogens with zero attached hydrogens (tertiary/aromatic N) is 1. The van der Waals surface area contributed by atoms with E-state index < -0.39 is 6.04 Å². The van der Waals surface area contributed by atoms with Crippen molar-refractivity contribution in [2.24, 2.45) is 0 Å². The van der Waals surface area contributed by atoms with Gasteiger partial charge in [-0.1, -0.05) is 61.7 Å². The maximum Gasteiger partial charge on any atom is 0.243 e. The first-order chi connectivity index (χ1) is 16.1. The maximum atomic E-state index is 13.3. The zero-order valence-corrected chi connectivity index (χ0v) is 21.0. The van der Waals surface area contributed by atoms with Crippen molar-refractivity contribution in [2.75, 3.05) is 12.3 Å². The summed E-state index contributed by atoms with van der Waals surface area (Å²) in [6.45, 7) is 2.56. The number of hydrogen-bond acceptors (Lipinski definition) is 3. The number of carbonyl (C=O) groups excluding carboxylic acids is 2. The molecule has 0 saturated heterocycles. The molecule has 1 fully saturated rings. The highest BCUT2D eigenvalue weighted by Gasteiger charge is 2.29. The van der Waals surface area contributed by atoms with Crippen LogP contribution in [-0.2, 0) is 16.0 Å². The van der Waals surface area contributed by atoms with Gasteiger partial charge in [0, 0.05) is 28.9 Å². The Kier molecular flexibility index (Phi) is 10.6. The van der Waals surface area contributed by atoms with E-state index in [1.807, 2.05) is 54.3 Å². The SMILES string of the molecule is CC[C@@H](C(=O)NC1CCCC1)N(CCc1ccccc1)C(=O)CCCSc1ccc(Cl)cc1. The highest BCUT2D eigenvalue weighted by molar-refractivity contribution is 7.99. The van der Waals surface area contributed by atoms with E-state index in [2.05, 4.69) is 17.4 Å². The van der Waals surface area contributed by atoms with Crippen LogP contribution in [0.3, 0.4) is 0 Å². The first-order valence-corrected chi connectivity index (χ1v) is 13.4. The zero-order valence-electron chi connectivity index (χ0n) is 19.5. The molecule has 0 aliphatic heterocycles. The molecular formula is C27H35ClN2O2S. The number of rotatable bonds is 12. The van der Waals surface area contributed by atoms with Gasteiger partial charge in [0.2, 0.25) is 11.8 Å². The summed E-state index contributed by atoms with van der Waals surface area (Å²) in [5.74, 6) is 0.919. The summed E-state index contributed by atoms with van der Waals surface area (Å²) in [4.78, 5) is 29.4. The van der Waals surface area contributed by atoms with Gasteiger partial charge < -0.3 is 10.2 Å². The molecule has 1 atom stereocenters. The maximum absolute atomic E-state index is 13.3. The Morgan fingerprint density at radius 1 is 1.09 bits per heavy atom. The second-order valence-corrected chi connectivity index (χ2v) is 10.2. The first kappa shape index (κ1) is 25.6. The van der Waals surface area contributed by atoms with Gasteiger partial charge in [-0.05, 0) is 67.7 Å². The van der Waals surface area contributed by atoms with Crippen molar-refractivity contribution in [1.82, 2.24) is 10.2 Å². The Hall–Kier alpha value is -1.98. The molecule has 6 heteroatoms. The summed E-state index contributed by atoms with van der Waals surface area (Å²) in [5.41, 5.74) is 1.18. The highest BCUT2D eigenvalue weighted by atomic mass is 35.5. The number of halogens is 1. The fourth-order valence-electron chi connectivity index (χ4n) is 4.35. The van der Waals surface area contributed by atoms with Gasteiger partial charge in [-0.25, -0.2) is 0 Å². The van der Waals surface area contributed by atoms with Crippen molar-refractivity contribution in [2.45, 2.75) is 75.3 Å². The van der Waals surface area contributed by atoms with Gasteiger partial charge in [0.25, 0.3) is 0 Å². The van der Waals surface area contributed by atoms with Crippen LogP contribution in [0.5, 0.6) is 0 Å². The van der Waals surface area contributed by atoms with Crippen LogP contribution in [0.15, 0.2) is 59.5 Å². The Labute approximate surface area is 207 Å². The van der Waals surface area contributed by atoms with E-state index in [9.17, 15) is 9.59 Å². The molecule has 0 unspecified atom stereocenters. The lowest BCUT2D eigenvalue weighted by atomic mass is 10.1. The van der Waals surface area contributed by atoms with Crippen molar-refractivity contribution in [1.29, 1.82) is 0 Å². The van der Waals surface area contributed by atoms with E-state index in [1.54, 1.807) is 11.8 Å². The van der Waals surface area contributed by atoms with Gasteiger partial charge in [-0.3, -0.25) is 9.59 Å². The molecule has 0 bridgehead atoms. The second kappa shape index (κ2) is 13.7. The van der Waals surface area contributed by atoms with Gasteiger partial charge in [-0.15, -0.1) is 11.8 Å². The van der Waals surface area contributed by atoms with Gasteiger partial charge in [-0.2, -0.15) is 0 Å². The summed E-state index contributed by atoms with van der Waals surface area (Å²) in [7, 11) is 0. The standard InChI is InChI=1S/C27H35ClN2O2S/c1-2-25(27(32)29-23-11-6-7-12-23)30(19-18-21-9-4-3-5-10-21)26(31)13-8-20-33-24-16-14-22(28)15-17-24/h3-5,9-10,14-17,23,25H,2,6-8,11-13,18-20H2,1H3,(H,29,32)/t25-/m0/s1. The van der Waals surface area contributed by atoms with Crippen LogP contribution in [0.4, 0.5) is 0 Å². The van der Waals surface area contributed by atoms with Crippen molar-refractivity contribution in [3.8, 4) is 0 Å². The number of carbonyl (C=O) groups is 2. The lowest BCUT2D eigenvalue weighted by molar-refractivity contribution is -0.141. The van der Waals surface area contributed by atoms with E-state index in [0.29, 0.717) is 19.4 Å². The molecule has 1 aliphatic carbocycles. The van der Waals surface area contributed by atoms with Crippen LogP contribution >= 0.6 is 23.4 Å². The van der Waals surface area contributed by atoms with Crippen molar-refractivity contribution in [3.05, 3.63) is 65.2 Å². The van der Waals surface area contributed by atoms with Crippen LogP contribution < -0.4 is 5.32 Å². The Balaban J connectivity index is 1.59. The topological polar surface area (TPSA) is 49.4 Å². The average molecular weight is 487 g/mol. The number of hydrogen-bond donors (Lipinski definition) is 1. The summed E-state index contributed by atoms with van der Waals surface area (Å²) >= 11 is 7.68. The van der Waals surface area contributed by atoms with Crippen LogP contribution in [0, 0.1) is 0 Å². The Morgan fingerprint density at radius 3 is 2.45 bits per heavy atom. The molecular weight excluding hydrogens is 452 g/mol. The van der Waals surface area contributed by atoms with Crippen molar-refractivity contribution in [3.63, 3.8) is 0 Å². The third-order valence-electron chi connectivity index (χ3n) is 6.19. The predicted molar refractivity (Wildman–Crippen MR) is 138 cm³/mol. The normalized spacial score (nSPS) is 14.7. The Morgan fingerprint density at radius 2 is 1.79 bits per heavy atom. The van der Waals surface area contributed by atoms with Gasteiger partial charge >= 0.3 is 0 Å². The smallest absolute Gasteiger partial charge is 0.243 e. The molecule has 178 valence electrons. The molecule has 33 heavy (non-hydrogen) atoms. The summed E-state index contributed by atoms with van der Waals surface area (Å²) in [6.07, 6.45) is 7.02. The minimum atomic E-state index is -0.411. The quantitative estimate of drug-likeness (QED) is 0.290. The summed E-state index contributed by atoms with van der Waals surface area (Å²) < 4.78 is 0. The number of amides is 2. The molecule has 2 aromatic rings. The number of benzene rings is 2. The van der Waals surface area contributed by atoms with Crippen molar-refractivity contribution < 1.29 is 9.59 Å². The third-order valence-corrected chi connectivity index (χ3v) is 7.54. The molecule has 2 amide bonds. The molecule has 3 rings (SSSR count). The fourth-order valence-corrected chi connectivity index (χ4v) is 5.33. The lowest BCUT2D eigenvalue weighted by Gasteiger charge is -2.31. The first-order valence-electron chi connectivity index (χ1n) is 12.1. The van der Waals surface area contributed by atoms with E-state index in [1.165, 1.54) is 18.4 Å². The fraction of sp³-hybridized carbons (Fsp3) is 0.481. The van der Waals surface area contributed by atoms with Crippen LogP contribution in [-0.4, -0.2) is 41.1 Å². The number of nitrogens with one attached hydrogen (secondary N) is 1. The molecule has 0 aromatic heterocycles. The van der Waals surface area contributed by atoms with Gasteiger partial charge in [0.15, 0.2) is 0 Å². The predicted octanol–water partition coefficient (Wildman–Crippen LogP) is 6.12. The molecule has 0 heterocycles. The second-order valence-electron chi connectivity index (χ2n) is 8.64. The molecule has 1 aliphatic rings.